The first-order valence-electron chi connectivity index (χ1n) is 8.08. The van der Waals surface area contributed by atoms with Gasteiger partial charge in [0, 0.05) is 37.2 Å². The number of aromatic nitrogens is 3. The van der Waals surface area contributed by atoms with Gasteiger partial charge in [-0.1, -0.05) is 0 Å². The third kappa shape index (κ3) is 3.45. The number of nitrogens with zero attached hydrogens (tertiary/aromatic N) is 3. The standard InChI is InChI=1S/C17H21N5O2/c1-11-10-12(2)20-15(23)14(11)16(24)22-8-4-13(5-9-22)21-17-18-6-3-7-19-17/h3,6-7,10,13H,4-5,8-9H2,1-2H3,(H,20,23)(H,18,19,21). The molecule has 0 radical (unpaired) electrons. The number of aromatic amines is 1. The second-order valence-corrected chi connectivity index (χ2v) is 6.12. The molecule has 0 bridgehead atoms. The van der Waals surface area contributed by atoms with Gasteiger partial charge >= 0.3 is 0 Å². The number of rotatable bonds is 3. The predicted octanol–water partition coefficient (Wildman–Crippen LogP) is 1.50. The van der Waals surface area contributed by atoms with Gasteiger partial charge in [-0.25, -0.2) is 9.97 Å². The average molecular weight is 327 g/mol. The Hall–Kier alpha value is -2.70. The summed E-state index contributed by atoms with van der Waals surface area (Å²) in [6.45, 7) is 4.83. The summed E-state index contributed by atoms with van der Waals surface area (Å²) < 4.78 is 0. The largest absolute Gasteiger partial charge is 0.351 e. The van der Waals surface area contributed by atoms with Crippen molar-refractivity contribution in [2.75, 3.05) is 18.4 Å². The fraction of sp³-hybridized carbons (Fsp3) is 0.412. The van der Waals surface area contributed by atoms with Gasteiger partial charge in [0.1, 0.15) is 5.56 Å². The second kappa shape index (κ2) is 6.82. The third-order valence-electron chi connectivity index (χ3n) is 4.26. The molecule has 1 amide bonds. The highest BCUT2D eigenvalue weighted by atomic mass is 16.2. The molecule has 2 N–H and O–H groups in total. The summed E-state index contributed by atoms with van der Waals surface area (Å²) >= 11 is 0. The molecular weight excluding hydrogens is 306 g/mol. The maximum atomic E-state index is 12.7. The number of hydrogen-bond acceptors (Lipinski definition) is 5. The van der Waals surface area contributed by atoms with Crippen molar-refractivity contribution in [1.82, 2.24) is 19.9 Å². The monoisotopic (exact) mass is 327 g/mol. The number of likely N-dealkylation sites (tertiary alicyclic amines) is 1. The molecule has 3 heterocycles. The number of anilines is 1. The van der Waals surface area contributed by atoms with Crippen molar-refractivity contribution < 1.29 is 4.79 Å². The lowest BCUT2D eigenvalue weighted by atomic mass is 10.0. The minimum atomic E-state index is -0.310. The molecule has 0 aromatic carbocycles. The molecule has 1 aliphatic heterocycles. The summed E-state index contributed by atoms with van der Waals surface area (Å²) in [5, 5.41) is 3.28. The Balaban J connectivity index is 1.65. The highest BCUT2D eigenvalue weighted by Crippen LogP contribution is 2.16. The van der Waals surface area contributed by atoms with Gasteiger partial charge < -0.3 is 15.2 Å². The van der Waals surface area contributed by atoms with Gasteiger partial charge in [0.2, 0.25) is 5.95 Å². The van der Waals surface area contributed by atoms with Crippen molar-refractivity contribution >= 4 is 11.9 Å². The zero-order valence-corrected chi connectivity index (χ0v) is 13.9. The van der Waals surface area contributed by atoms with Crippen LogP contribution in [0.25, 0.3) is 0 Å². The van der Waals surface area contributed by atoms with E-state index in [1.54, 1.807) is 30.3 Å². The molecule has 1 aliphatic rings. The molecule has 0 unspecified atom stereocenters. The summed E-state index contributed by atoms with van der Waals surface area (Å²) in [4.78, 5) is 37.6. The van der Waals surface area contributed by atoms with Crippen LogP contribution in [0.5, 0.6) is 0 Å². The van der Waals surface area contributed by atoms with Crippen molar-refractivity contribution in [3.05, 3.63) is 51.7 Å². The van der Waals surface area contributed by atoms with E-state index in [1.165, 1.54) is 0 Å². The molecule has 1 fully saturated rings. The van der Waals surface area contributed by atoms with Crippen LogP contribution in [0.3, 0.4) is 0 Å². The van der Waals surface area contributed by atoms with Crippen LogP contribution < -0.4 is 10.9 Å². The minimum Gasteiger partial charge on any atom is -0.351 e. The molecule has 0 atom stereocenters. The van der Waals surface area contributed by atoms with Crippen LogP contribution in [-0.2, 0) is 0 Å². The molecule has 0 aliphatic carbocycles. The second-order valence-electron chi connectivity index (χ2n) is 6.12. The van der Waals surface area contributed by atoms with E-state index >= 15 is 0 Å². The molecule has 7 nitrogen and oxygen atoms in total. The number of H-pyrrole nitrogens is 1. The molecule has 126 valence electrons. The third-order valence-corrected chi connectivity index (χ3v) is 4.26. The van der Waals surface area contributed by atoms with Gasteiger partial charge in [0.05, 0.1) is 0 Å². The van der Waals surface area contributed by atoms with Crippen LogP contribution in [-0.4, -0.2) is 44.9 Å². The van der Waals surface area contributed by atoms with E-state index in [2.05, 4.69) is 20.3 Å². The lowest BCUT2D eigenvalue weighted by Crippen LogP contribution is -2.44. The van der Waals surface area contributed by atoms with Crippen LogP contribution in [0, 0.1) is 13.8 Å². The fourth-order valence-corrected chi connectivity index (χ4v) is 3.06. The van der Waals surface area contributed by atoms with E-state index < -0.39 is 0 Å². The Labute approximate surface area is 140 Å². The normalized spacial score (nSPS) is 15.3. The van der Waals surface area contributed by atoms with Crippen molar-refractivity contribution in [3.8, 4) is 0 Å². The summed E-state index contributed by atoms with van der Waals surface area (Å²) in [5.41, 5.74) is 1.42. The number of nitrogens with one attached hydrogen (secondary N) is 2. The zero-order chi connectivity index (χ0) is 17.1. The lowest BCUT2D eigenvalue weighted by Gasteiger charge is -2.32. The maximum Gasteiger partial charge on any atom is 0.261 e. The average Bonchev–Trinajstić information content (AvgIpc) is 2.55. The molecule has 2 aromatic rings. The van der Waals surface area contributed by atoms with Crippen LogP contribution in [0.15, 0.2) is 29.3 Å². The van der Waals surface area contributed by atoms with E-state index in [9.17, 15) is 9.59 Å². The first-order chi connectivity index (χ1) is 11.5. The molecule has 7 heteroatoms. The highest BCUT2D eigenvalue weighted by molar-refractivity contribution is 5.95. The molecule has 2 aromatic heterocycles. The van der Waals surface area contributed by atoms with E-state index in [-0.39, 0.29) is 23.1 Å². The summed E-state index contributed by atoms with van der Waals surface area (Å²) in [7, 11) is 0. The predicted molar refractivity (Wildman–Crippen MR) is 91.1 cm³/mol. The molecule has 24 heavy (non-hydrogen) atoms. The van der Waals surface area contributed by atoms with Crippen LogP contribution >= 0.6 is 0 Å². The number of pyridine rings is 1. The Kier molecular flexibility index (Phi) is 4.59. The Morgan fingerprint density at radius 3 is 2.54 bits per heavy atom. The van der Waals surface area contributed by atoms with Gasteiger partial charge in [-0.05, 0) is 44.4 Å². The van der Waals surface area contributed by atoms with Crippen molar-refractivity contribution in [2.45, 2.75) is 32.7 Å². The van der Waals surface area contributed by atoms with Gasteiger partial charge in [0.25, 0.3) is 11.5 Å². The fourth-order valence-electron chi connectivity index (χ4n) is 3.06. The topological polar surface area (TPSA) is 91.0 Å². The van der Waals surface area contributed by atoms with E-state index in [0.717, 1.165) is 24.1 Å². The summed E-state index contributed by atoms with van der Waals surface area (Å²) in [6.07, 6.45) is 4.99. The Morgan fingerprint density at radius 1 is 1.25 bits per heavy atom. The van der Waals surface area contributed by atoms with E-state index in [0.29, 0.717) is 19.0 Å². The molecule has 0 saturated carbocycles. The van der Waals surface area contributed by atoms with Crippen molar-refractivity contribution in [3.63, 3.8) is 0 Å². The minimum absolute atomic E-state index is 0.192. The molecule has 1 saturated heterocycles. The SMILES string of the molecule is Cc1cc(C)c(C(=O)N2CCC(Nc3ncccn3)CC2)c(=O)[nH]1. The van der Waals surface area contributed by atoms with Gasteiger partial charge in [-0.3, -0.25) is 9.59 Å². The number of amides is 1. The van der Waals surface area contributed by atoms with Crippen molar-refractivity contribution in [1.29, 1.82) is 0 Å². The van der Waals surface area contributed by atoms with E-state index in [4.69, 9.17) is 0 Å². The van der Waals surface area contributed by atoms with Gasteiger partial charge in [-0.2, -0.15) is 0 Å². The van der Waals surface area contributed by atoms with Crippen molar-refractivity contribution in [2.24, 2.45) is 0 Å². The Morgan fingerprint density at radius 2 is 1.92 bits per heavy atom. The van der Waals surface area contributed by atoms with Gasteiger partial charge in [0.15, 0.2) is 0 Å². The molecule has 3 rings (SSSR count). The summed E-state index contributed by atoms with van der Waals surface area (Å²) in [5.74, 6) is 0.413. The zero-order valence-electron chi connectivity index (χ0n) is 13.9. The Bertz CT molecular complexity index is 779. The first-order valence-corrected chi connectivity index (χ1v) is 8.08. The number of aryl methyl sites for hydroxylation is 2. The number of hydrogen-bond donors (Lipinski definition) is 2. The first kappa shape index (κ1) is 16.2. The highest BCUT2D eigenvalue weighted by Gasteiger charge is 2.26. The number of piperidine rings is 1. The summed E-state index contributed by atoms with van der Waals surface area (Å²) in [6, 6.07) is 3.83. The number of carbonyl (C=O) groups is 1. The number of carbonyl (C=O) groups excluding carboxylic acids is 1. The quantitative estimate of drug-likeness (QED) is 0.891. The van der Waals surface area contributed by atoms with Crippen LogP contribution in [0.2, 0.25) is 0 Å². The smallest absolute Gasteiger partial charge is 0.261 e. The lowest BCUT2D eigenvalue weighted by molar-refractivity contribution is 0.0716. The molecule has 0 spiro atoms. The van der Waals surface area contributed by atoms with Crippen LogP contribution in [0.1, 0.15) is 34.5 Å². The van der Waals surface area contributed by atoms with E-state index in [1.807, 2.05) is 13.0 Å². The maximum absolute atomic E-state index is 12.7. The van der Waals surface area contributed by atoms with Crippen LogP contribution in [0.4, 0.5) is 5.95 Å². The molecular formula is C17H21N5O2. The van der Waals surface area contributed by atoms with Gasteiger partial charge in [-0.15, -0.1) is 0 Å².